The lowest BCUT2D eigenvalue weighted by atomic mass is 10.5. The van der Waals surface area contributed by atoms with Crippen molar-refractivity contribution in [1.82, 2.24) is 9.13 Å². The second kappa shape index (κ2) is 10.8. The zero-order valence-electron chi connectivity index (χ0n) is 13.9. The summed E-state index contributed by atoms with van der Waals surface area (Å²) in [6, 6.07) is 0. The zero-order valence-corrected chi connectivity index (χ0v) is 14.9. The Morgan fingerprint density at radius 3 is 1.16 bits per heavy atom. The summed E-state index contributed by atoms with van der Waals surface area (Å²) in [6.07, 6.45) is 2.07. The highest BCUT2D eigenvalue weighted by molar-refractivity contribution is 6.61. The van der Waals surface area contributed by atoms with Crippen LogP contribution in [-0.4, -0.2) is 57.4 Å². The summed E-state index contributed by atoms with van der Waals surface area (Å²) in [4.78, 5) is 0. The molecule has 0 saturated carbocycles. The van der Waals surface area contributed by atoms with E-state index in [4.69, 9.17) is 8.85 Å². The van der Waals surface area contributed by atoms with Crippen molar-refractivity contribution < 1.29 is 8.85 Å². The highest BCUT2D eigenvalue weighted by Crippen LogP contribution is 2.20. The van der Waals surface area contributed by atoms with Crippen LogP contribution in [0.5, 0.6) is 0 Å². The largest absolute Gasteiger partial charge is 0.522 e. The summed E-state index contributed by atoms with van der Waals surface area (Å²) in [5, 5.41) is 0. The SMILES string of the molecule is CCCO[Si](OCCC)(N(CC)CC)N(CC)CC. The number of hydrogen-bond donors (Lipinski definition) is 0. The second-order valence-corrected chi connectivity index (χ2v) is 7.53. The molecule has 0 unspecified atom stereocenters. The highest BCUT2D eigenvalue weighted by atomic mass is 28.4. The van der Waals surface area contributed by atoms with Gasteiger partial charge >= 0.3 is 8.88 Å². The first kappa shape index (κ1) is 19.1. The number of hydrogen-bond acceptors (Lipinski definition) is 4. The van der Waals surface area contributed by atoms with E-state index in [0.29, 0.717) is 0 Å². The Kier molecular flexibility index (Phi) is 10.8. The van der Waals surface area contributed by atoms with E-state index in [1.54, 1.807) is 0 Å². The molecule has 0 aliphatic carbocycles. The molecule has 0 atom stereocenters. The van der Waals surface area contributed by atoms with E-state index < -0.39 is 8.88 Å². The fourth-order valence-electron chi connectivity index (χ4n) is 2.32. The normalized spacial score (nSPS) is 12.6. The molecule has 0 aliphatic heterocycles. The minimum absolute atomic E-state index is 0.781. The van der Waals surface area contributed by atoms with Gasteiger partial charge in [0.25, 0.3) is 0 Å². The Morgan fingerprint density at radius 1 is 0.632 bits per heavy atom. The van der Waals surface area contributed by atoms with Crippen LogP contribution in [0.15, 0.2) is 0 Å². The topological polar surface area (TPSA) is 24.9 Å². The molecule has 0 aliphatic rings. The summed E-state index contributed by atoms with van der Waals surface area (Å²) < 4.78 is 17.5. The predicted octanol–water partition coefficient (Wildman–Crippen LogP) is 2.96. The smallest absolute Gasteiger partial charge is 0.370 e. The average Bonchev–Trinajstić information content (AvgIpc) is 2.44. The molecule has 0 spiro atoms. The molecule has 116 valence electrons. The van der Waals surface area contributed by atoms with Gasteiger partial charge in [0.2, 0.25) is 0 Å². The van der Waals surface area contributed by atoms with Crippen molar-refractivity contribution in [3.8, 4) is 0 Å². The molecular formula is C14H34N2O2Si. The van der Waals surface area contributed by atoms with Gasteiger partial charge in [0, 0.05) is 13.2 Å². The van der Waals surface area contributed by atoms with Crippen LogP contribution >= 0.6 is 0 Å². The Labute approximate surface area is 121 Å². The molecule has 0 heterocycles. The first-order chi connectivity index (χ1) is 9.16. The van der Waals surface area contributed by atoms with Gasteiger partial charge in [0.1, 0.15) is 0 Å². The lowest BCUT2D eigenvalue weighted by molar-refractivity contribution is 0.0594. The molecule has 4 nitrogen and oxygen atoms in total. The molecule has 0 aromatic carbocycles. The van der Waals surface area contributed by atoms with Crippen molar-refractivity contribution in [3.05, 3.63) is 0 Å². The second-order valence-electron chi connectivity index (χ2n) is 4.59. The molecule has 0 radical (unpaired) electrons. The Balaban J connectivity index is 5.26. The van der Waals surface area contributed by atoms with Gasteiger partial charge in [-0.3, -0.25) is 9.13 Å². The van der Waals surface area contributed by atoms with E-state index in [2.05, 4.69) is 50.7 Å². The quantitative estimate of drug-likeness (QED) is 0.516. The summed E-state index contributed by atoms with van der Waals surface area (Å²) in [6.45, 7) is 18.6. The standard InChI is InChI=1S/C14H34N2O2Si/c1-7-13-17-19(18-14-8-2,15(9-3)10-4)16(11-5)12-6/h7-14H2,1-6H3. The minimum atomic E-state index is -2.43. The summed E-state index contributed by atoms with van der Waals surface area (Å²) >= 11 is 0. The lowest BCUT2D eigenvalue weighted by Gasteiger charge is -2.44. The van der Waals surface area contributed by atoms with Crippen molar-refractivity contribution in [1.29, 1.82) is 0 Å². The highest BCUT2D eigenvalue weighted by Gasteiger charge is 2.49. The van der Waals surface area contributed by atoms with E-state index in [1.165, 1.54) is 0 Å². The first-order valence-electron chi connectivity index (χ1n) is 7.94. The molecule has 0 rings (SSSR count). The molecule has 0 aromatic heterocycles. The van der Waals surface area contributed by atoms with Crippen LogP contribution in [0, 0.1) is 0 Å². The van der Waals surface area contributed by atoms with Gasteiger partial charge in [-0.15, -0.1) is 0 Å². The summed E-state index contributed by atoms with van der Waals surface area (Å²) in [7, 11) is -2.43. The molecule has 0 bridgehead atoms. The van der Waals surface area contributed by atoms with Gasteiger partial charge in [0.05, 0.1) is 0 Å². The molecule has 0 amide bonds. The van der Waals surface area contributed by atoms with Gasteiger partial charge in [-0.25, -0.2) is 0 Å². The Morgan fingerprint density at radius 2 is 0.947 bits per heavy atom. The molecule has 0 saturated heterocycles. The maximum absolute atomic E-state index is 6.34. The van der Waals surface area contributed by atoms with Crippen LogP contribution in [0.3, 0.4) is 0 Å². The maximum Gasteiger partial charge on any atom is 0.522 e. The fraction of sp³-hybridized carbons (Fsp3) is 1.00. The van der Waals surface area contributed by atoms with Gasteiger partial charge in [0.15, 0.2) is 0 Å². The summed E-state index contributed by atoms with van der Waals surface area (Å²) in [5.41, 5.74) is 0. The minimum Gasteiger partial charge on any atom is -0.370 e. The van der Waals surface area contributed by atoms with Crippen LogP contribution in [0.25, 0.3) is 0 Å². The monoisotopic (exact) mass is 290 g/mol. The van der Waals surface area contributed by atoms with Crippen molar-refractivity contribution in [3.63, 3.8) is 0 Å². The Hall–Kier alpha value is 0.0569. The average molecular weight is 291 g/mol. The molecule has 0 aromatic rings. The van der Waals surface area contributed by atoms with Gasteiger partial charge < -0.3 is 8.85 Å². The van der Waals surface area contributed by atoms with E-state index in [0.717, 1.165) is 52.2 Å². The van der Waals surface area contributed by atoms with Gasteiger partial charge in [-0.1, -0.05) is 41.5 Å². The van der Waals surface area contributed by atoms with Crippen molar-refractivity contribution in [2.24, 2.45) is 0 Å². The van der Waals surface area contributed by atoms with Crippen LogP contribution in [-0.2, 0) is 8.85 Å². The number of rotatable bonds is 12. The maximum atomic E-state index is 6.34. The molecule has 0 N–H and O–H groups in total. The lowest BCUT2D eigenvalue weighted by Crippen LogP contribution is -2.70. The van der Waals surface area contributed by atoms with E-state index in [9.17, 15) is 0 Å². The summed E-state index contributed by atoms with van der Waals surface area (Å²) in [5.74, 6) is 0. The molecular weight excluding hydrogens is 256 g/mol. The van der Waals surface area contributed by atoms with Crippen LogP contribution in [0.1, 0.15) is 54.4 Å². The van der Waals surface area contributed by atoms with E-state index in [1.807, 2.05) is 0 Å². The third kappa shape index (κ3) is 5.15. The third-order valence-corrected chi connectivity index (χ3v) is 7.34. The molecule has 19 heavy (non-hydrogen) atoms. The van der Waals surface area contributed by atoms with Crippen LogP contribution in [0.4, 0.5) is 0 Å². The van der Waals surface area contributed by atoms with Gasteiger partial charge in [-0.05, 0) is 39.0 Å². The van der Waals surface area contributed by atoms with Crippen LogP contribution < -0.4 is 0 Å². The zero-order chi connectivity index (χ0) is 14.7. The first-order valence-corrected chi connectivity index (χ1v) is 9.65. The van der Waals surface area contributed by atoms with E-state index >= 15 is 0 Å². The fourth-order valence-corrected chi connectivity index (χ4v) is 6.08. The number of nitrogens with zero attached hydrogens (tertiary/aromatic N) is 2. The van der Waals surface area contributed by atoms with Crippen LogP contribution in [0.2, 0.25) is 0 Å². The van der Waals surface area contributed by atoms with Crippen molar-refractivity contribution >= 4 is 8.88 Å². The van der Waals surface area contributed by atoms with E-state index in [-0.39, 0.29) is 0 Å². The molecule has 0 fully saturated rings. The Bertz CT molecular complexity index is 188. The van der Waals surface area contributed by atoms with Crippen molar-refractivity contribution in [2.45, 2.75) is 54.4 Å². The molecule has 5 heteroatoms. The third-order valence-electron chi connectivity index (χ3n) is 3.31. The van der Waals surface area contributed by atoms with Gasteiger partial charge in [-0.2, -0.15) is 0 Å². The predicted molar refractivity (Wildman–Crippen MR) is 84.1 cm³/mol. The van der Waals surface area contributed by atoms with Crippen molar-refractivity contribution in [2.75, 3.05) is 39.4 Å².